The lowest BCUT2D eigenvalue weighted by Crippen LogP contribution is -2.47. The van der Waals surface area contributed by atoms with Crippen LogP contribution in [0.1, 0.15) is 29.6 Å². The molecule has 0 spiro atoms. The van der Waals surface area contributed by atoms with Crippen molar-refractivity contribution in [3.8, 4) is 0 Å². The zero-order chi connectivity index (χ0) is 15.5. The molecule has 1 aromatic carbocycles. The summed E-state index contributed by atoms with van der Waals surface area (Å²) in [5.41, 5.74) is 0.0493. The number of benzene rings is 1. The summed E-state index contributed by atoms with van der Waals surface area (Å²) in [6.07, 6.45) is 4.13. The zero-order valence-electron chi connectivity index (χ0n) is 11.8. The highest BCUT2D eigenvalue weighted by atomic mass is 35.5. The minimum Gasteiger partial charge on any atom is -0.396 e. The van der Waals surface area contributed by atoms with Gasteiger partial charge >= 0.3 is 0 Å². The van der Waals surface area contributed by atoms with Crippen LogP contribution in [0, 0.1) is 11.2 Å². The van der Waals surface area contributed by atoms with Gasteiger partial charge in [0.25, 0.3) is 5.91 Å². The van der Waals surface area contributed by atoms with Gasteiger partial charge in [-0.3, -0.25) is 4.79 Å². The summed E-state index contributed by atoms with van der Waals surface area (Å²) in [7, 11) is 0. The molecule has 1 fully saturated rings. The lowest BCUT2D eigenvalue weighted by molar-refractivity contribution is 0.0285. The maximum absolute atomic E-state index is 13.2. The van der Waals surface area contributed by atoms with E-state index in [1.54, 1.807) is 11.0 Å². The van der Waals surface area contributed by atoms with Gasteiger partial charge in [0.2, 0.25) is 0 Å². The van der Waals surface area contributed by atoms with Crippen LogP contribution >= 0.6 is 11.6 Å². The fraction of sp³-hybridized carbons (Fsp3) is 0.438. The van der Waals surface area contributed by atoms with E-state index in [4.69, 9.17) is 11.6 Å². The fourth-order valence-corrected chi connectivity index (χ4v) is 3.04. The van der Waals surface area contributed by atoms with E-state index in [0.29, 0.717) is 25.1 Å². The van der Waals surface area contributed by atoms with Gasteiger partial charge in [0, 0.05) is 24.1 Å². The molecule has 1 amide bonds. The van der Waals surface area contributed by atoms with Crippen LogP contribution in [-0.2, 0) is 0 Å². The van der Waals surface area contributed by atoms with Crippen molar-refractivity contribution in [3.05, 3.63) is 47.3 Å². The van der Waals surface area contributed by atoms with Crippen LogP contribution in [0.3, 0.4) is 0 Å². The van der Waals surface area contributed by atoms with Crippen molar-refractivity contribution in [2.75, 3.05) is 19.7 Å². The van der Waals surface area contributed by atoms with Gasteiger partial charge in [-0.05, 0) is 37.5 Å². The molecule has 0 radical (unpaired) electrons. The van der Waals surface area contributed by atoms with Gasteiger partial charge in [0.1, 0.15) is 5.82 Å². The number of amides is 1. The molecule has 3 nitrogen and oxygen atoms in total. The summed E-state index contributed by atoms with van der Waals surface area (Å²) in [4.78, 5) is 14.2. The number of rotatable bonds is 4. The first-order valence-corrected chi connectivity index (χ1v) is 7.35. The molecule has 1 heterocycles. The molecule has 114 valence electrons. The van der Waals surface area contributed by atoms with Crippen LogP contribution in [0.4, 0.5) is 4.39 Å². The van der Waals surface area contributed by atoms with Gasteiger partial charge < -0.3 is 10.0 Å². The molecule has 5 heteroatoms. The predicted molar refractivity (Wildman–Crippen MR) is 80.9 cm³/mol. The van der Waals surface area contributed by atoms with Gasteiger partial charge in [-0.15, -0.1) is 6.58 Å². The van der Waals surface area contributed by atoms with Crippen LogP contribution in [0.5, 0.6) is 0 Å². The molecule has 1 aliphatic rings. The number of aliphatic hydroxyl groups is 1. The standard InChI is InChI=1S/C16H19ClFNO2/c1-2-6-16(11-20)7-3-8-19(10-16)15(21)12-4-5-14(18)13(17)9-12/h2,4-5,9,20H,1,3,6-8,10-11H2. The molecule has 1 atom stereocenters. The van der Waals surface area contributed by atoms with E-state index in [9.17, 15) is 14.3 Å². The summed E-state index contributed by atoms with van der Waals surface area (Å²) in [6.45, 7) is 4.85. The third-order valence-corrected chi connectivity index (χ3v) is 4.32. The van der Waals surface area contributed by atoms with Gasteiger partial charge in [0.15, 0.2) is 0 Å². The van der Waals surface area contributed by atoms with E-state index < -0.39 is 5.82 Å². The molecule has 0 aliphatic carbocycles. The molecule has 1 aliphatic heterocycles. The minimum atomic E-state index is -0.539. The molecule has 2 rings (SSSR count). The number of aliphatic hydroxyl groups excluding tert-OH is 1. The molecule has 0 saturated carbocycles. The Morgan fingerprint density at radius 3 is 2.95 bits per heavy atom. The predicted octanol–water partition coefficient (Wildman–Crippen LogP) is 3.27. The number of halogens is 2. The summed E-state index contributed by atoms with van der Waals surface area (Å²) in [6, 6.07) is 3.98. The summed E-state index contributed by atoms with van der Waals surface area (Å²) < 4.78 is 13.2. The van der Waals surface area contributed by atoms with Crippen molar-refractivity contribution < 1.29 is 14.3 Å². The highest BCUT2D eigenvalue weighted by Crippen LogP contribution is 2.34. The van der Waals surface area contributed by atoms with E-state index in [1.807, 2.05) is 0 Å². The highest BCUT2D eigenvalue weighted by molar-refractivity contribution is 6.31. The second-order valence-corrected chi connectivity index (χ2v) is 6.02. The monoisotopic (exact) mass is 311 g/mol. The van der Waals surface area contributed by atoms with Crippen LogP contribution < -0.4 is 0 Å². The molecular formula is C16H19ClFNO2. The Hall–Kier alpha value is -1.39. The normalized spacial score (nSPS) is 22.1. The molecule has 21 heavy (non-hydrogen) atoms. The van der Waals surface area contributed by atoms with Gasteiger partial charge in [-0.1, -0.05) is 17.7 Å². The maximum Gasteiger partial charge on any atom is 0.253 e. The Balaban J connectivity index is 2.18. The molecule has 1 N–H and O–H groups in total. The number of hydrogen-bond donors (Lipinski definition) is 1. The number of nitrogens with zero attached hydrogens (tertiary/aromatic N) is 1. The third kappa shape index (κ3) is 3.44. The van der Waals surface area contributed by atoms with E-state index in [1.165, 1.54) is 18.2 Å². The summed E-state index contributed by atoms with van der Waals surface area (Å²) in [5.74, 6) is -0.721. The van der Waals surface area contributed by atoms with Crippen molar-refractivity contribution in [1.29, 1.82) is 0 Å². The Morgan fingerprint density at radius 1 is 1.57 bits per heavy atom. The van der Waals surface area contributed by atoms with Crippen molar-refractivity contribution in [2.45, 2.75) is 19.3 Å². The smallest absolute Gasteiger partial charge is 0.253 e. The quantitative estimate of drug-likeness (QED) is 0.867. The average Bonchev–Trinajstić information content (AvgIpc) is 2.50. The number of hydrogen-bond acceptors (Lipinski definition) is 2. The highest BCUT2D eigenvalue weighted by Gasteiger charge is 2.36. The van der Waals surface area contributed by atoms with Crippen molar-refractivity contribution in [2.24, 2.45) is 5.41 Å². The summed E-state index contributed by atoms with van der Waals surface area (Å²) >= 11 is 5.73. The largest absolute Gasteiger partial charge is 0.396 e. The minimum absolute atomic E-state index is 0.0208. The molecule has 0 bridgehead atoms. The van der Waals surface area contributed by atoms with E-state index >= 15 is 0 Å². The van der Waals surface area contributed by atoms with Crippen LogP contribution in [-0.4, -0.2) is 35.6 Å². The van der Waals surface area contributed by atoms with Gasteiger partial charge in [0.05, 0.1) is 11.6 Å². The number of likely N-dealkylation sites (tertiary alicyclic amines) is 1. The Bertz CT molecular complexity index is 549. The maximum atomic E-state index is 13.2. The average molecular weight is 312 g/mol. The first kappa shape index (κ1) is 16.0. The van der Waals surface area contributed by atoms with Crippen molar-refractivity contribution in [3.63, 3.8) is 0 Å². The molecule has 1 aromatic rings. The Labute approximate surface area is 129 Å². The Morgan fingerprint density at radius 2 is 2.33 bits per heavy atom. The Kier molecular flexibility index (Phi) is 5.01. The molecular weight excluding hydrogens is 293 g/mol. The van der Waals surface area contributed by atoms with E-state index in [2.05, 4.69) is 6.58 Å². The van der Waals surface area contributed by atoms with E-state index in [-0.39, 0.29) is 23.0 Å². The van der Waals surface area contributed by atoms with E-state index in [0.717, 1.165) is 12.8 Å². The fourth-order valence-electron chi connectivity index (χ4n) is 2.86. The summed E-state index contributed by atoms with van der Waals surface area (Å²) in [5, 5.41) is 9.61. The topological polar surface area (TPSA) is 40.5 Å². The zero-order valence-corrected chi connectivity index (χ0v) is 12.6. The number of carbonyl (C=O) groups is 1. The number of allylic oxidation sites excluding steroid dienone is 1. The molecule has 1 unspecified atom stereocenters. The molecule has 0 aromatic heterocycles. The van der Waals surface area contributed by atoms with Gasteiger partial charge in [-0.2, -0.15) is 0 Å². The van der Waals surface area contributed by atoms with Crippen LogP contribution in [0.15, 0.2) is 30.9 Å². The first-order valence-electron chi connectivity index (χ1n) is 6.97. The third-order valence-electron chi connectivity index (χ3n) is 4.03. The number of carbonyl (C=O) groups excluding carboxylic acids is 1. The second kappa shape index (κ2) is 6.58. The first-order chi connectivity index (χ1) is 10.0. The van der Waals surface area contributed by atoms with Crippen molar-refractivity contribution >= 4 is 17.5 Å². The SMILES string of the molecule is C=CCC1(CO)CCCN(C(=O)c2ccc(F)c(Cl)c2)C1. The lowest BCUT2D eigenvalue weighted by atomic mass is 9.77. The van der Waals surface area contributed by atoms with Crippen LogP contribution in [0.2, 0.25) is 5.02 Å². The van der Waals surface area contributed by atoms with Gasteiger partial charge in [-0.25, -0.2) is 4.39 Å². The lowest BCUT2D eigenvalue weighted by Gasteiger charge is -2.41. The second-order valence-electron chi connectivity index (χ2n) is 5.61. The number of piperidine rings is 1. The van der Waals surface area contributed by atoms with Crippen molar-refractivity contribution in [1.82, 2.24) is 4.90 Å². The van der Waals surface area contributed by atoms with Crippen LogP contribution in [0.25, 0.3) is 0 Å². The molecule has 1 saturated heterocycles.